The van der Waals surface area contributed by atoms with Crippen LogP contribution in [0.25, 0.3) is 0 Å². The van der Waals surface area contributed by atoms with Crippen LogP contribution in [0.4, 0.5) is 0 Å². The summed E-state index contributed by atoms with van der Waals surface area (Å²) in [5.41, 5.74) is 0.890. The predicted molar refractivity (Wildman–Crippen MR) is 62.2 cm³/mol. The molecule has 0 spiro atoms. The van der Waals surface area contributed by atoms with Crippen molar-refractivity contribution in [1.29, 1.82) is 0 Å². The average Bonchev–Trinajstić information content (AvgIpc) is 2.86. The fourth-order valence-electron chi connectivity index (χ4n) is 2.09. The summed E-state index contributed by atoms with van der Waals surface area (Å²) in [6, 6.07) is 0.620. The highest BCUT2D eigenvalue weighted by atomic mass is 32.2. The second-order valence-electron chi connectivity index (χ2n) is 4.90. The molecular formula is C10H16N4O2S. The van der Waals surface area contributed by atoms with Gasteiger partial charge in [0.1, 0.15) is 0 Å². The Morgan fingerprint density at radius 2 is 2.24 bits per heavy atom. The molecule has 3 rings (SSSR count). The van der Waals surface area contributed by atoms with Crippen LogP contribution in [0.3, 0.4) is 0 Å². The summed E-state index contributed by atoms with van der Waals surface area (Å²) < 4.78 is 24.4. The van der Waals surface area contributed by atoms with Crippen LogP contribution in [0.15, 0.2) is 6.20 Å². The van der Waals surface area contributed by atoms with Gasteiger partial charge >= 0.3 is 0 Å². The van der Waals surface area contributed by atoms with E-state index in [0.29, 0.717) is 12.5 Å². The standard InChI is InChI=1S/C10H16N4O2S/c15-17(16)4-3-10(7-17)14-6-9(12-13-14)5-11-8-1-2-8/h6,8,10-11H,1-5,7H2. The van der Waals surface area contributed by atoms with Crippen molar-refractivity contribution in [3.05, 3.63) is 11.9 Å². The zero-order valence-electron chi connectivity index (χ0n) is 9.54. The van der Waals surface area contributed by atoms with Crippen molar-refractivity contribution in [2.45, 2.75) is 37.9 Å². The lowest BCUT2D eigenvalue weighted by molar-refractivity contribution is 0.484. The van der Waals surface area contributed by atoms with Gasteiger partial charge in [-0.15, -0.1) is 5.10 Å². The summed E-state index contributed by atoms with van der Waals surface area (Å²) in [7, 11) is -2.85. The molecule has 17 heavy (non-hydrogen) atoms. The molecule has 0 radical (unpaired) electrons. The molecule has 0 bridgehead atoms. The first kappa shape index (κ1) is 11.2. The lowest BCUT2D eigenvalue weighted by Gasteiger charge is -2.05. The summed E-state index contributed by atoms with van der Waals surface area (Å²) in [5.74, 6) is 0.471. The Morgan fingerprint density at radius 1 is 1.41 bits per heavy atom. The number of nitrogens with zero attached hydrogens (tertiary/aromatic N) is 3. The Balaban J connectivity index is 1.63. The van der Waals surface area contributed by atoms with Gasteiger partial charge in [0.25, 0.3) is 0 Å². The summed E-state index contributed by atoms with van der Waals surface area (Å²) in [6.45, 7) is 0.726. The maximum Gasteiger partial charge on any atom is 0.152 e. The number of hydrogen-bond acceptors (Lipinski definition) is 5. The van der Waals surface area contributed by atoms with Crippen molar-refractivity contribution < 1.29 is 8.42 Å². The number of hydrogen-bond donors (Lipinski definition) is 1. The van der Waals surface area contributed by atoms with E-state index < -0.39 is 9.84 Å². The van der Waals surface area contributed by atoms with Gasteiger partial charge in [0, 0.05) is 12.6 Å². The molecule has 0 aromatic carbocycles. The van der Waals surface area contributed by atoms with E-state index in [2.05, 4.69) is 15.6 Å². The minimum Gasteiger partial charge on any atom is -0.308 e. The van der Waals surface area contributed by atoms with E-state index in [1.165, 1.54) is 12.8 Å². The number of rotatable bonds is 4. The molecule has 2 fully saturated rings. The first-order valence-electron chi connectivity index (χ1n) is 5.97. The van der Waals surface area contributed by atoms with Crippen LogP contribution in [0.5, 0.6) is 0 Å². The molecular weight excluding hydrogens is 240 g/mol. The zero-order valence-corrected chi connectivity index (χ0v) is 10.4. The van der Waals surface area contributed by atoms with Crippen molar-refractivity contribution in [3.63, 3.8) is 0 Å². The molecule has 7 heteroatoms. The largest absolute Gasteiger partial charge is 0.308 e. The first-order valence-corrected chi connectivity index (χ1v) is 7.79. The molecule has 1 aromatic rings. The van der Waals surface area contributed by atoms with Gasteiger partial charge in [-0.2, -0.15) is 0 Å². The van der Waals surface area contributed by atoms with E-state index in [0.717, 1.165) is 12.2 Å². The van der Waals surface area contributed by atoms with Crippen LogP contribution < -0.4 is 5.32 Å². The van der Waals surface area contributed by atoms with Gasteiger partial charge in [-0.3, -0.25) is 0 Å². The monoisotopic (exact) mass is 256 g/mol. The van der Waals surface area contributed by atoms with Gasteiger partial charge in [-0.05, 0) is 19.3 Å². The SMILES string of the molecule is O=S1(=O)CCC(n2cc(CNC3CC3)nn2)C1. The molecule has 1 aliphatic heterocycles. The van der Waals surface area contributed by atoms with E-state index in [-0.39, 0.29) is 17.5 Å². The Morgan fingerprint density at radius 3 is 2.88 bits per heavy atom. The minimum absolute atomic E-state index is 0.0258. The lowest BCUT2D eigenvalue weighted by Crippen LogP contribution is -2.15. The third-order valence-electron chi connectivity index (χ3n) is 3.29. The molecule has 94 valence electrons. The van der Waals surface area contributed by atoms with Gasteiger partial charge in [-0.1, -0.05) is 5.21 Å². The van der Waals surface area contributed by atoms with Gasteiger partial charge < -0.3 is 5.32 Å². The first-order chi connectivity index (χ1) is 8.12. The van der Waals surface area contributed by atoms with E-state index >= 15 is 0 Å². The third kappa shape index (κ3) is 2.66. The summed E-state index contributed by atoms with van der Waals surface area (Å²) >= 11 is 0. The van der Waals surface area contributed by atoms with Crippen LogP contribution in [0.1, 0.15) is 31.0 Å². The van der Waals surface area contributed by atoms with E-state index in [9.17, 15) is 8.42 Å². The molecule has 2 heterocycles. The molecule has 1 aliphatic carbocycles. The van der Waals surface area contributed by atoms with Crippen LogP contribution in [-0.2, 0) is 16.4 Å². The predicted octanol–water partition coefficient (Wildman–Crippen LogP) is -0.110. The van der Waals surface area contributed by atoms with E-state index in [1.807, 2.05) is 6.20 Å². The minimum atomic E-state index is -2.85. The second kappa shape index (κ2) is 4.06. The van der Waals surface area contributed by atoms with Gasteiger partial charge in [0.05, 0.1) is 29.4 Å². The molecule has 1 unspecified atom stereocenters. The van der Waals surface area contributed by atoms with Gasteiger partial charge in [-0.25, -0.2) is 13.1 Å². The Bertz CT molecular complexity index is 506. The van der Waals surface area contributed by atoms with Crippen LogP contribution in [-0.4, -0.2) is 41.0 Å². The molecule has 1 atom stereocenters. The Hall–Kier alpha value is -0.950. The molecule has 0 amide bonds. The summed E-state index contributed by atoms with van der Waals surface area (Å²) in [5, 5.41) is 11.4. The van der Waals surface area contributed by atoms with Crippen LogP contribution in [0, 0.1) is 0 Å². The molecule has 1 saturated carbocycles. The molecule has 1 saturated heterocycles. The maximum absolute atomic E-state index is 11.4. The summed E-state index contributed by atoms with van der Waals surface area (Å²) in [4.78, 5) is 0. The number of aromatic nitrogens is 3. The van der Waals surface area contributed by atoms with Gasteiger partial charge in [0.15, 0.2) is 9.84 Å². The zero-order chi connectivity index (χ0) is 11.9. The second-order valence-corrected chi connectivity index (χ2v) is 7.13. The Kier molecular flexibility index (Phi) is 2.67. The maximum atomic E-state index is 11.4. The summed E-state index contributed by atoms with van der Waals surface area (Å²) in [6.07, 6.45) is 5.01. The van der Waals surface area contributed by atoms with Crippen molar-refractivity contribution >= 4 is 9.84 Å². The van der Waals surface area contributed by atoms with E-state index in [4.69, 9.17) is 0 Å². The van der Waals surface area contributed by atoms with Gasteiger partial charge in [0.2, 0.25) is 0 Å². The topological polar surface area (TPSA) is 76.9 Å². The van der Waals surface area contributed by atoms with Crippen molar-refractivity contribution in [2.24, 2.45) is 0 Å². The molecule has 1 N–H and O–H groups in total. The van der Waals surface area contributed by atoms with Crippen molar-refractivity contribution in [3.8, 4) is 0 Å². The highest BCUT2D eigenvalue weighted by molar-refractivity contribution is 7.91. The fourth-order valence-corrected chi connectivity index (χ4v) is 3.80. The highest BCUT2D eigenvalue weighted by Gasteiger charge is 2.30. The smallest absolute Gasteiger partial charge is 0.152 e. The van der Waals surface area contributed by atoms with Crippen molar-refractivity contribution in [2.75, 3.05) is 11.5 Å². The third-order valence-corrected chi connectivity index (χ3v) is 5.04. The highest BCUT2D eigenvalue weighted by Crippen LogP contribution is 2.23. The molecule has 2 aliphatic rings. The lowest BCUT2D eigenvalue weighted by atomic mass is 10.3. The van der Waals surface area contributed by atoms with Crippen molar-refractivity contribution in [1.82, 2.24) is 20.3 Å². The molecule has 6 nitrogen and oxygen atoms in total. The normalized spacial score (nSPS) is 27.4. The number of nitrogens with one attached hydrogen (secondary N) is 1. The fraction of sp³-hybridized carbons (Fsp3) is 0.800. The quantitative estimate of drug-likeness (QED) is 0.813. The average molecular weight is 256 g/mol. The van der Waals surface area contributed by atoms with Crippen LogP contribution >= 0.6 is 0 Å². The molecule has 1 aromatic heterocycles. The van der Waals surface area contributed by atoms with Crippen LogP contribution in [0.2, 0.25) is 0 Å². The number of sulfone groups is 1. The van der Waals surface area contributed by atoms with E-state index in [1.54, 1.807) is 4.68 Å². The Labute approximate surface area is 100 Å².